The zero-order valence-electron chi connectivity index (χ0n) is 5.16. The molecule has 0 aliphatic heterocycles. The standard InChI is InChI=1S/C4H11BO3.Al.3H/c1-4(2)3-8-5(6)7;;;;/h4,6-7H,3H2,1-2H3;;;;. The van der Waals surface area contributed by atoms with Crippen molar-refractivity contribution in [3.63, 3.8) is 0 Å². The van der Waals surface area contributed by atoms with Crippen LogP contribution in [0.1, 0.15) is 13.8 Å². The summed E-state index contributed by atoms with van der Waals surface area (Å²) < 4.78 is 4.41. The second kappa shape index (κ2) is 6.60. The highest BCUT2D eigenvalue weighted by atomic mass is 27.0. The van der Waals surface area contributed by atoms with Crippen molar-refractivity contribution in [3.05, 3.63) is 0 Å². The van der Waals surface area contributed by atoms with Crippen LogP contribution in [0.15, 0.2) is 0 Å². The zero-order chi connectivity index (χ0) is 6.57. The summed E-state index contributed by atoms with van der Waals surface area (Å²) in [6.45, 7) is 4.25. The van der Waals surface area contributed by atoms with Crippen LogP contribution in [0.3, 0.4) is 0 Å². The summed E-state index contributed by atoms with van der Waals surface area (Å²) in [6, 6.07) is 0. The predicted octanol–water partition coefficient (Wildman–Crippen LogP) is -1.56. The van der Waals surface area contributed by atoms with Crippen molar-refractivity contribution in [2.45, 2.75) is 13.8 Å². The Balaban J connectivity index is 0. The maximum Gasteiger partial charge on any atom is 0.633 e. The van der Waals surface area contributed by atoms with Crippen molar-refractivity contribution in [1.29, 1.82) is 0 Å². The predicted molar refractivity (Wildman–Crippen MR) is 40.9 cm³/mol. The van der Waals surface area contributed by atoms with E-state index < -0.39 is 7.32 Å². The molecule has 3 nitrogen and oxygen atoms in total. The molecule has 54 valence electrons. The first-order valence-corrected chi connectivity index (χ1v) is 2.60. The highest BCUT2D eigenvalue weighted by Gasteiger charge is 2.07. The van der Waals surface area contributed by atoms with Gasteiger partial charge in [0.05, 0.1) is 0 Å². The fraction of sp³-hybridized carbons (Fsp3) is 1.00. The smallest absolute Gasteiger partial charge is 0.402 e. The quantitative estimate of drug-likeness (QED) is 0.476. The molecule has 0 spiro atoms. The van der Waals surface area contributed by atoms with Gasteiger partial charge in [0.15, 0.2) is 17.4 Å². The summed E-state index contributed by atoms with van der Waals surface area (Å²) in [5.74, 6) is 0.344. The average Bonchev–Trinajstić information content (AvgIpc) is 1.61. The number of hydrogen-bond acceptors (Lipinski definition) is 3. The topological polar surface area (TPSA) is 49.7 Å². The van der Waals surface area contributed by atoms with Crippen LogP contribution in [-0.2, 0) is 4.65 Å². The van der Waals surface area contributed by atoms with E-state index in [2.05, 4.69) is 4.65 Å². The van der Waals surface area contributed by atoms with Crippen LogP contribution < -0.4 is 0 Å². The highest BCUT2D eigenvalue weighted by Crippen LogP contribution is 1.91. The molecule has 0 atom stereocenters. The molecule has 0 aliphatic carbocycles. The molecule has 5 heteroatoms. The highest BCUT2D eigenvalue weighted by molar-refractivity contribution is 6.32. The van der Waals surface area contributed by atoms with Gasteiger partial charge in [-0.05, 0) is 5.92 Å². The first-order valence-electron chi connectivity index (χ1n) is 2.60. The largest absolute Gasteiger partial charge is 0.633 e. The van der Waals surface area contributed by atoms with Gasteiger partial charge in [-0.15, -0.1) is 0 Å². The summed E-state index contributed by atoms with van der Waals surface area (Å²) in [7, 11) is -1.61. The van der Waals surface area contributed by atoms with E-state index in [1.807, 2.05) is 13.8 Å². The monoisotopic (exact) mass is 148 g/mol. The van der Waals surface area contributed by atoms with Gasteiger partial charge in [0.2, 0.25) is 0 Å². The third-order valence-corrected chi connectivity index (χ3v) is 0.579. The lowest BCUT2D eigenvalue weighted by atomic mass is 10.2. The van der Waals surface area contributed by atoms with E-state index >= 15 is 0 Å². The Kier molecular flexibility index (Phi) is 8.93. The SMILES string of the molecule is CC(C)COB(O)O.[AlH3]. The van der Waals surface area contributed by atoms with Crippen LogP contribution in [0.25, 0.3) is 0 Å². The van der Waals surface area contributed by atoms with Crippen LogP contribution in [0, 0.1) is 5.92 Å². The molecular formula is C4H14AlBO3. The third kappa shape index (κ3) is 11.9. The molecule has 2 N–H and O–H groups in total. The van der Waals surface area contributed by atoms with E-state index in [0.717, 1.165) is 0 Å². The van der Waals surface area contributed by atoms with Crippen LogP contribution in [0.2, 0.25) is 0 Å². The lowest BCUT2D eigenvalue weighted by Gasteiger charge is -2.03. The van der Waals surface area contributed by atoms with Gasteiger partial charge >= 0.3 is 7.32 Å². The van der Waals surface area contributed by atoms with Gasteiger partial charge < -0.3 is 14.7 Å². The van der Waals surface area contributed by atoms with Crippen molar-refractivity contribution < 1.29 is 14.7 Å². The molecule has 0 saturated carbocycles. The van der Waals surface area contributed by atoms with Crippen molar-refractivity contribution in [1.82, 2.24) is 0 Å². The Hall–Kier alpha value is 0.477. The van der Waals surface area contributed by atoms with Crippen molar-refractivity contribution >= 4 is 24.7 Å². The Morgan fingerprint density at radius 2 is 1.89 bits per heavy atom. The summed E-state index contributed by atoms with van der Waals surface area (Å²) in [4.78, 5) is 0. The molecule has 0 radical (unpaired) electrons. The molecule has 0 fully saturated rings. The fourth-order valence-electron chi connectivity index (χ4n) is 0.279. The van der Waals surface area contributed by atoms with Crippen molar-refractivity contribution in [2.24, 2.45) is 5.92 Å². The minimum atomic E-state index is -1.61. The van der Waals surface area contributed by atoms with E-state index in [9.17, 15) is 0 Å². The van der Waals surface area contributed by atoms with Gasteiger partial charge in [-0.3, -0.25) is 0 Å². The lowest BCUT2D eigenvalue weighted by molar-refractivity contribution is 0.165. The van der Waals surface area contributed by atoms with Gasteiger partial charge in [0, 0.05) is 6.61 Å². The lowest BCUT2D eigenvalue weighted by Crippen LogP contribution is -2.19. The van der Waals surface area contributed by atoms with Gasteiger partial charge in [-0.1, -0.05) is 13.8 Å². The molecular weight excluding hydrogens is 134 g/mol. The molecule has 0 unspecified atom stereocenters. The zero-order valence-corrected chi connectivity index (χ0v) is 5.16. The molecule has 0 aromatic rings. The molecule has 0 aromatic carbocycles. The molecule has 0 heterocycles. The molecule has 0 rings (SSSR count). The number of rotatable bonds is 3. The summed E-state index contributed by atoms with van der Waals surface area (Å²) in [5, 5.41) is 16.3. The van der Waals surface area contributed by atoms with E-state index in [1.165, 1.54) is 0 Å². The van der Waals surface area contributed by atoms with Crippen molar-refractivity contribution in [2.75, 3.05) is 6.61 Å². The maximum atomic E-state index is 8.13. The molecule has 0 amide bonds. The normalized spacial score (nSPS) is 9.00. The van der Waals surface area contributed by atoms with E-state index in [-0.39, 0.29) is 17.4 Å². The van der Waals surface area contributed by atoms with Crippen LogP contribution in [0.4, 0.5) is 0 Å². The van der Waals surface area contributed by atoms with Gasteiger partial charge in [0.25, 0.3) is 0 Å². The molecule has 0 aliphatic rings. The Morgan fingerprint density at radius 1 is 1.44 bits per heavy atom. The summed E-state index contributed by atoms with van der Waals surface area (Å²) in [6.07, 6.45) is 0. The Morgan fingerprint density at radius 3 is 2.00 bits per heavy atom. The minimum Gasteiger partial charge on any atom is -0.402 e. The maximum absolute atomic E-state index is 8.13. The fourth-order valence-corrected chi connectivity index (χ4v) is 0.279. The van der Waals surface area contributed by atoms with E-state index in [1.54, 1.807) is 0 Å². The molecule has 0 aromatic heterocycles. The van der Waals surface area contributed by atoms with E-state index in [4.69, 9.17) is 10.0 Å². The molecule has 0 bridgehead atoms. The summed E-state index contributed by atoms with van der Waals surface area (Å²) >= 11 is 0. The molecule has 9 heavy (non-hydrogen) atoms. The van der Waals surface area contributed by atoms with Crippen LogP contribution in [0.5, 0.6) is 0 Å². The van der Waals surface area contributed by atoms with Gasteiger partial charge in [0.1, 0.15) is 0 Å². The third-order valence-electron chi connectivity index (χ3n) is 0.579. The molecule has 0 saturated heterocycles. The minimum absolute atomic E-state index is 0. The van der Waals surface area contributed by atoms with Gasteiger partial charge in [-0.2, -0.15) is 0 Å². The number of hydrogen-bond donors (Lipinski definition) is 2. The van der Waals surface area contributed by atoms with Crippen LogP contribution in [-0.4, -0.2) is 41.3 Å². The summed E-state index contributed by atoms with van der Waals surface area (Å²) in [5.41, 5.74) is 0. The van der Waals surface area contributed by atoms with Crippen LogP contribution >= 0.6 is 0 Å². The van der Waals surface area contributed by atoms with Crippen molar-refractivity contribution in [3.8, 4) is 0 Å². The Bertz CT molecular complexity index is 51.8. The van der Waals surface area contributed by atoms with Gasteiger partial charge in [-0.25, -0.2) is 0 Å². The second-order valence-electron chi connectivity index (χ2n) is 2.05. The second-order valence-corrected chi connectivity index (χ2v) is 2.05. The first kappa shape index (κ1) is 12.2. The van der Waals surface area contributed by atoms with E-state index in [0.29, 0.717) is 12.5 Å². The average molecular weight is 148 g/mol. The Labute approximate surface area is 66.3 Å². The first-order chi connectivity index (χ1) is 3.63.